The van der Waals surface area contributed by atoms with Crippen LogP contribution in [0.4, 0.5) is 0 Å². The van der Waals surface area contributed by atoms with Crippen LogP contribution in [0.15, 0.2) is 0 Å². The van der Waals surface area contributed by atoms with Gasteiger partial charge in [-0.25, -0.2) is 0 Å². The van der Waals surface area contributed by atoms with E-state index >= 15 is 0 Å². The highest BCUT2D eigenvalue weighted by Crippen LogP contribution is 2.46. The summed E-state index contributed by atoms with van der Waals surface area (Å²) in [6, 6.07) is 0. The summed E-state index contributed by atoms with van der Waals surface area (Å²) in [5, 5.41) is 3.55. The van der Waals surface area contributed by atoms with Gasteiger partial charge in [0.2, 0.25) is 0 Å². The number of nitrogens with one attached hydrogen (secondary N) is 1. The van der Waals surface area contributed by atoms with E-state index in [1.165, 1.54) is 71.1 Å². The van der Waals surface area contributed by atoms with Crippen LogP contribution >= 0.6 is 0 Å². The van der Waals surface area contributed by atoms with Gasteiger partial charge < -0.3 is 10.2 Å². The Kier molecular flexibility index (Phi) is 5.30. The normalized spacial score (nSPS) is 26.7. The van der Waals surface area contributed by atoms with Crippen LogP contribution in [0, 0.1) is 10.8 Å². The third-order valence-electron chi connectivity index (χ3n) is 5.84. The Morgan fingerprint density at radius 3 is 2.21 bits per heavy atom. The Bertz CT molecular complexity index is 260. The summed E-state index contributed by atoms with van der Waals surface area (Å²) in [6.07, 6.45) is 10.2. The second-order valence-corrected chi connectivity index (χ2v) is 7.43. The summed E-state index contributed by atoms with van der Waals surface area (Å²) >= 11 is 0. The third kappa shape index (κ3) is 3.95. The lowest BCUT2D eigenvalue weighted by atomic mass is 9.76. The minimum atomic E-state index is 0.455. The Balaban J connectivity index is 1.80. The first-order chi connectivity index (χ1) is 9.11. The minimum absolute atomic E-state index is 0.455. The molecule has 1 aliphatic carbocycles. The molecule has 1 saturated heterocycles. The highest BCUT2D eigenvalue weighted by Gasteiger charge is 2.38. The van der Waals surface area contributed by atoms with Crippen molar-refractivity contribution in [3.05, 3.63) is 0 Å². The van der Waals surface area contributed by atoms with E-state index < -0.39 is 0 Å². The molecule has 1 atom stereocenters. The summed E-state index contributed by atoms with van der Waals surface area (Å²) < 4.78 is 0. The number of hydrogen-bond donors (Lipinski definition) is 1. The molecule has 0 amide bonds. The van der Waals surface area contributed by atoms with Crippen molar-refractivity contribution in [2.24, 2.45) is 10.8 Å². The van der Waals surface area contributed by atoms with Crippen molar-refractivity contribution in [3.8, 4) is 0 Å². The predicted molar refractivity (Wildman–Crippen MR) is 83.5 cm³/mol. The molecule has 0 bridgehead atoms. The van der Waals surface area contributed by atoms with Gasteiger partial charge in [0, 0.05) is 13.1 Å². The highest BCUT2D eigenvalue weighted by molar-refractivity contribution is 4.91. The molecule has 19 heavy (non-hydrogen) atoms. The summed E-state index contributed by atoms with van der Waals surface area (Å²) in [4.78, 5) is 2.74. The van der Waals surface area contributed by atoms with E-state index in [2.05, 4.69) is 31.0 Å². The van der Waals surface area contributed by atoms with Crippen molar-refractivity contribution in [2.75, 3.05) is 32.7 Å². The molecule has 2 rings (SSSR count). The van der Waals surface area contributed by atoms with Crippen molar-refractivity contribution in [3.63, 3.8) is 0 Å². The topological polar surface area (TPSA) is 15.3 Å². The maximum absolute atomic E-state index is 3.55. The zero-order valence-corrected chi connectivity index (χ0v) is 13.4. The highest BCUT2D eigenvalue weighted by atomic mass is 15.1. The summed E-state index contributed by atoms with van der Waals surface area (Å²) in [5.41, 5.74) is 1.22. The second-order valence-electron chi connectivity index (χ2n) is 7.43. The van der Waals surface area contributed by atoms with Gasteiger partial charge in [-0.2, -0.15) is 0 Å². The van der Waals surface area contributed by atoms with E-state index in [0.29, 0.717) is 5.41 Å². The minimum Gasteiger partial charge on any atom is -0.316 e. The molecule has 2 nitrogen and oxygen atoms in total. The number of hydrogen-bond acceptors (Lipinski definition) is 2. The van der Waals surface area contributed by atoms with Crippen LogP contribution in [0.25, 0.3) is 0 Å². The Hall–Kier alpha value is -0.0800. The van der Waals surface area contributed by atoms with Crippen LogP contribution in [0.1, 0.15) is 65.7 Å². The third-order valence-corrected chi connectivity index (χ3v) is 5.84. The van der Waals surface area contributed by atoms with Gasteiger partial charge >= 0.3 is 0 Å². The zero-order valence-electron chi connectivity index (χ0n) is 13.4. The molecule has 1 saturated carbocycles. The van der Waals surface area contributed by atoms with Gasteiger partial charge in [0.1, 0.15) is 0 Å². The summed E-state index contributed by atoms with van der Waals surface area (Å²) in [5.74, 6) is 0. The van der Waals surface area contributed by atoms with Crippen LogP contribution in [-0.4, -0.2) is 37.6 Å². The second kappa shape index (κ2) is 6.58. The standard InChI is InChI=1S/C17H34N2/c1-4-16(3,14-18-5-2)15-19-12-10-17(11-13-19)8-6-7-9-17/h18H,4-15H2,1-3H3. The molecule has 0 aromatic heterocycles. The van der Waals surface area contributed by atoms with Gasteiger partial charge in [-0.15, -0.1) is 0 Å². The molecule has 0 aromatic carbocycles. The van der Waals surface area contributed by atoms with E-state index in [1.54, 1.807) is 0 Å². The molecule has 2 fully saturated rings. The first kappa shape index (κ1) is 15.3. The zero-order chi connectivity index (χ0) is 13.8. The molecular formula is C17H34N2. The number of likely N-dealkylation sites (tertiary alicyclic amines) is 1. The molecule has 0 radical (unpaired) electrons. The van der Waals surface area contributed by atoms with Gasteiger partial charge in [-0.1, -0.05) is 33.6 Å². The van der Waals surface area contributed by atoms with Crippen molar-refractivity contribution < 1.29 is 0 Å². The summed E-state index contributed by atoms with van der Waals surface area (Å²) in [7, 11) is 0. The quantitative estimate of drug-likeness (QED) is 0.789. The molecule has 1 unspecified atom stereocenters. The molecule has 1 spiro atoms. The van der Waals surface area contributed by atoms with Gasteiger partial charge in [0.25, 0.3) is 0 Å². The number of piperidine rings is 1. The molecular weight excluding hydrogens is 232 g/mol. The van der Waals surface area contributed by atoms with E-state index in [0.717, 1.165) is 12.0 Å². The van der Waals surface area contributed by atoms with E-state index in [1.807, 2.05) is 0 Å². The van der Waals surface area contributed by atoms with Crippen LogP contribution in [0.3, 0.4) is 0 Å². The molecule has 2 heteroatoms. The summed E-state index contributed by atoms with van der Waals surface area (Å²) in [6.45, 7) is 13.3. The number of rotatable bonds is 6. The molecule has 2 aliphatic rings. The fourth-order valence-corrected chi connectivity index (χ4v) is 4.07. The van der Waals surface area contributed by atoms with Gasteiger partial charge in [0.15, 0.2) is 0 Å². The fourth-order valence-electron chi connectivity index (χ4n) is 4.07. The van der Waals surface area contributed by atoms with Crippen molar-refractivity contribution in [1.29, 1.82) is 0 Å². The van der Waals surface area contributed by atoms with Crippen molar-refractivity contribution >= 4 is 0 Å². The van der Waals surface area contributed by atoms with Crippen LogP contribution in [-0.2, 0) is 0 Å². The lowest BCUT2D eigenvalue weighted by molar-refractivity contribution is 0.0715. The van der Waals surface area contributed by atoms with Gasteiger partial charge in [-0.3, -0.25) is 0 Å². The van der Waals surface area contributed by atoms with Gasteiger partial charge in [-0.05, 0) is 62.6 Å². The molecule has 112 valence electrons. The van der Waals surface area contributed by atoms with E-state index in [9.17, 15) is 0 Å². The first-order valence-electron chi connectivity index (χ1n) is 8.54. The van der Waals surface area contributed by atoms with Gasteiger partial charge in [0.05, 0.1) is 0 Å². The smallest absolute Gasteiger partial charge is 0.00474 e. The van der Waals surface area contributed by atoms with E-state index in [-0.39, 0.29) is 0 Å². The predicted octanol–water partition coefficient (Wildman–Crippen LogP) is 3.67. The molecule has 1 N–H and O–H groups in total. The lowest BCUT2D eigenvalue weighted by Gasteiger charge is -2.43. The maximum Gasteiger partial charge on any atom is 0.00474 e. The average Bonchev–Trinajstić information content (AvgIpc) is 2.88. The monoisotopic (exact) mass is 266 g/mol. The van der Waals surface area contributed by atoms with Crippen LogP contribution < -0.4 is 5.32 Å². The Morgan fingerprint density at radius 2 is 1.68 bits per heavy atom. The van der Waals surface area contributed by atoms with Crippen LogP contribution in [0.2, 0.25) is 0 Å². The molecule has 1 aliphatic heterocycles. The fraction of sp³-hybridized carbons (Fsp3) is 1.00. The van der Waals surface area contributed by atoms with E-state index in [4.69, 9.17) is 0 Å². The van der Waals surface area contributed by atoms with Crippen LogP contribution in [0.5, 0.6) is 0 Å². The number of nitrogens with zero attached hydrogens (tertiary/aromatic N) is 1. The maximum atomic E-state index is 3.55. The SMILES string of the molecule is CCNCC(C)(CC)CN1CCC2(CCCC2)CC1. The lowest BCUT2D eigenvalue weighted by Crippen LogP contribution is -2.46. The Morgan fingerprint density at radius 1 is 1.05 bits per heavy atom. The average molecular weight is 266 g/mol. The van der Waals surface area contributed by atoms with Crippen molar-refractivity contribution in [1.82, 2.24) is 10.2 Å². The molecule has 0 aromatic rings. The Labute approximate surface area is 120 Å². The largest absolute Gasteiger partial charge is 0.316 e. The molecule has 1 heterocycles. The van der Waals surface area contributed by atoms with Crippen molar-refractivity contribution in [2.45, 2.75) is 65.7 Å². The first-order valence-corrected chi connectivity index (χ1v) is 8.54.